The van der Waals surface area contributed by atoms with E-state index in [1.165, 1.54) is 12.4 Å². The number of piperidine rings is 1. The summed E-state index contributed by atoms with van der Waals surface area (Å²) in [6.07, 6.45) is -1.31. The Morgan fingerprint density at radius 3 is 2.77 bits per heavy atom. The lowest BCUT2D eigenvalue weighted by atomic mass is 10.0. The number of nitrogens with one attached hydrogen (secondary N) is 1. The lowest BCUT2D eigenvalue weighted by molar-refractivity contribution is -0.137. The first-order valence-corrected chi connectivity index (χ1v) is 8.28. The molecule has 136 valence electrons. The number of halogens is 3. The Kier molecular flexibility index (Phi) is 4.98. The fourth-order valence-corrected chi connectivity index (χ4v) is 3.13. The summed E-state index contributed by atoms with van der Waals surface area (Å²) in [7, 11) is 0. The predicted octanol–water partition coefficient (Wildman–Crippen LogP) is 3.76. The van der Waals surface area contributed by atoms with Crippen molar-refractivity contribution in [2.45, 2.75) is 32.0 Å². The second-order valence-electron chi connectivity index (χ2n) is 6.31. The van der Waals surface area contributed by atoms with Gasteiger partial charge in [-0.2, -0.15) is 18.4 Å². The van der Waals surface area contributed by atoms with E-state index in [2.05, 4.69) is 15.3 Å². The monoisotopic (exact) mass is 361 g/mol. The van der Waals surface area contributed by atoms with E-state index < -0.39 is 11.7 Å². The van der Waals surface area contributed by atoms with E-state index in [1.807, 2.05) is 17.9 Å². The average molecular weight is 361 g/mol. The van der Waals surface area contributed by atoms with Crippen LogP contribution in [0.2, 0.25) is 0 Å². The Labute approximate surface area is 149 Å². The minimum Gasteiger partial charge on any atom is -0.369 e. The van der Waals surface area contributed by atoms with Gasteiger partial charge in [-0.25, -0.2) is 9.97 Å². The minimum absolute atomic E-state index is 0.0723. The lowest BCUT2D eigenvalue weighted by Gasteiger charge is -2.35. The van der Waals surface area contributed by atoms with Gasteiger partial charge in [0.1, 0.15) is 12.1 Å². The van der Waals surface area contributed by atoms with E-state index >= 15 is 0 Å². The van der Waals surface area contributed by atoms with E-state index in [0.717, 1.165) is 24.6 Å². The zero-order valence-electron chi connectivity index (χ0n) is 14.2. The maximum Gasteiger partial charge on any atom is 0.417 e. The van der Waals surface area contributed by atoms with Gasteiger partial charge in [0, 0.05) is 36.6 Å². The van der Waals surface area contributed by atoms with Crippen LogP contribution >= 0.6 is 0 Å². The fourth-order valence-electron chi connectivity index (χ4n) is 3.13. The fraction of sp³-hybridized carbons (Fsp3) is 0.389. The van der Waals surface area contributed by atoms with Gasteiger partial charge in [0.2, 0.25) is 0 Å². The van der Waals surface area contributed by atoms with Crippen molar-refractivity contribution in [2.24, 2.45) is 0 Å². The van der Waals surface area contributed by atoms with Gasteiger partial charge in [-0.1, -0.05) is 0 Å². The molecule has 5 nitrogen and oxygen atoms in total. The normalized spacial score (nSPS) is 17.7. The topological polar surface area (TPSA) is 64.8 Å². The highest BCUT2D eigenvalue weighted by atomic mass is 19.4. The van der Waals surface area contributed by atoms with E-state index in [1.54, 1.807) is 12.1 Å². The third-order valence-corrected chi connectivity index (χ3v) is 4.37. The Bertz CT molecular complexity index is 828. The second kappa shape index (κ2) is 7.20. The van der Waals surface area contributed by atoms with Crippen LogP contribution in [0.25, 0.3) is 0 Å². The molecule has 0 bridgehead atoms. The summed E-state index contributed by atoms with van der Waals surface area (Å²) in [6, 6.07) is 7.40. The molecule has 1 atom stereocenters. The molecule has 1 aromatic heterocycles. The smallest absolute Gasteiger partial charge is 0.369 e. The number of nitrogens with zero attached hydrogens (tertiary/aromatic N) is 4. The van der Waals surface area contributed by atoms with Crippen molar-refractivity contribution in [3.63, 3.8) is 0 Å². The number of aryl methyl sites for hydroxylation is 1. The van der Waals surface area contributed by atoms with E-state index in [4.69, 9.17) is 5.26 Å². The van der Waals surface area contributed by atoms with Gasteiger partial charge in [0.25, 0.3) is 0 Å². The minimum atomic E-state index is -4.55. The molecule has 1 N–H and O–H groups in total. The van der Waals surface area contributed by atoms with Crippen LogP contribution in [0, 0.1) is 18.3 Å². The highest BCUT2D eigenvalue weighted by Gasteiger charge is 2.34. The van der Waals surface area contributed by atoms with Crippen molar-refractivity contribution in [1.29, 1.82) is 5.26 Å². The molecule has 3 rings (SSSR count). The molecule has 1 unspecified atom stereocenters. The molecule has 0 radical (unpaired) electrons. The SMILES string of the molecule is Cc1cc(NC2CCCN(c3ccc(C#N)c(C(F)(F)F)c3)C2)ncn1. The zero-order valence-corrected chi connectivity index (χ0v) is 14.2. The van der Waals surface area contributed by atoms with Crippen molar-refractivity contribution >= 4 is 11.5 Å². The maximum absolute atomic E-state index is 13.2. The van der Waals surface area contributed by atoms with Crippen molar-refractivity contribution in [2.75, 3.05) is 23.3 Å². The molecule has 2 aromatic rings. The van der Waals surface area contributed by atoms with Crippen LogP contribution < -0.4 is 10.2 Å². The summed E-state index contributed by atoms with van der Waals surface area (Å²) in [5.41, 5.74) is 0.0715. The maximum atomic E-state index is 13.2. The number of hydrogen-bond donors (Lipinski definition) is 1. The summed E-state index contributed by atoms with van der Waals surface area (Å²) in [5.74, 6) is 0.708. The molecular formula is C18H18F3N5. The van der Waals surface area contributed by atoms with Crippen LogP contribution in [-0.4, -0.2) is 29.1 Å². The van der Waals surface area contributed by atoms with Crippen LogP contribution in [0.3, 0.4) is 0 Å². The summed E-state index contributed by atoms with van der Waals surface area (Å²) < 4.78 is 39.6. The van der Waals surface area contributed by atoms with Crippen molar-refractivity contribution in [1.82, 2.24) is 9.97 Å². The molecule has 0 aliphatic carbocycles. The molecule has 26 heavy (non-hydrogen) atoms. The number of hydrogen-bond acceptors (Lipinski definition) is 5. The number of aromatic nitrogens is 2. The van der Waals surface area contributed by atoms with Crippen molar-refractivity contribution in [3.8, 4) is 6.07 Å². The van der Waals surface area contributed by atoms with Gasteiger partial charge in [0.15, 0.2) is 0 Å². The van der Waals surface area contributed by atoms with Gasteiger partial charge < -0.3 is 10.2 Å². The first kappa shape index (κ1) is 18.0. The van der Waals surface area contributed by atoms with Crippen molar-refractivity contribution in [3.05, 3.63) is 47.4 Å². The van der Waals surface area contributed by atoms with Crippen molar-refractivity contribution < 1.29 is 13.2 Å². The van der Waals surface area contributed by atoms with Crippen LogP contribution in [-0.2, 0) is 6.18 Å². The number of benzene rings is 1. The number of rotatable bonds is 3. The highest BCUT2D eigenvalue weighted by molar-refractivity contribution is 5.55. The second-order valence-corrected chi connectivity index (χ2v) is 6.31. The summed E-state index contributed by atoms with van der Waals surface area (Å²) in [5, 5.41) is 12.2. The van der Waals surface area contributed by atoms with Gasteiger partial charge in [0.05, 0.1) is 17.2 Å². The molecular weight excluding hydrogens is 343 g/mol. The molecule has 1 aliphatic heterocycles. The molecule has 1 aromatic carbocycles. The lowest BCUT2D eigenvalue weighted by Crippen LogP contribution is -2.42. The molecule has 1 fully saturated rings. The third kappa shape index (κ3) is 4.04. The summed E-state index contributed by atoms with van der Waals surface area (Å²) in [4.78, 5) is 10.1. The van der Waals surface area contributed by atoms with Gasteiger partial charge >= 0.3 is 6.18 Å². The molecule has 0 saturated carbocycles. The first-order valence-electron chi connectivity index (χ1n) is 8.28. The van der Waals surface area contributed by atoms with Crippen LogP contribution in [0.1, 0.15) is 29.7 Å². The molecule has 1 saturated heterocycles. The van der Waals surface area contributed by atoms with E-state index in [-0.39, 0.29) is 11.6 Å². The third-order valence-electron chi connectivity index (χ3n) is 4.37. The first-order chi connectivity index (χ1) is 12.4. The number of anilines is 2. The zero-order chi connectivity index (χ0) is 18.7. The molecule has 0 spiro atoms. The van der Waals surface area contributed by atoms with E-state index in [0.29, 0.717) is 24.6 Å². The summed E-state index contributed by atoms with van der Waals surface area (Å²) >= 11 is 0. The van der Waals surface area contributed by atoms with Crippen LogP contribution in [0.15, 0.2) is 30.6 Å². The van der Waals surface area contributed by atoms with Gasteiger partial charge in [-0.3, -0.25) is 0 Å². The number of alkyl halides is 3. The summed E-state index contributed by atoms with van der Waals surface area (Å²) in [6.45, 7) is 3.10. The Morgan fingerprint density at radius 1 is 1.27 bits per heavy atom. The Morgan fingerprint density at radius 2 is 2.08 bits per heavy atom. The average Bonchev–Trinajstić information content (AvgIpc) is 2.61. The van der Waals surface area contributed by atoms with Crippen LogP contribution in [0.4, 0.5) is 24.7 Å². The molecule has 0 amide bonds. The van der Waals surface area contributed by atoms with Gasteiger partial charge in [-0.15, -0.1) is 0 Å². The predicted molar refractivity (Wildman–Crippen MR) is 91.8 cm³/mol. The molecule has 2 heterocycles. The molecule has 1 aliphatic rings. The van der Waals surface area contributed by atoms with Crippen LogP contribution in [0.5, 0.6) is 0 Å². The highest BCUT2D eigenvalue weighted by Crippen LogP contribution is 2.35. The van der Waals surface area contributed by atoms with E-state index in [9.17, 15) is 13.2 Å². The Hall–Kier alpha value is -2.82. The number of nitriles is 1. The molecule has 8 heteroatoms. The largest absolute Gasteiger partial charge is 0.417 e. The quantitative estimate of drug-likeness (QED) is 0.902. The standard InChI is InChI=1S/C18H18F3N5/c1-12-7-17(24-11-23-12)25-14-3-2-6-26(10-14)15-5-4-13(9-22)16(8-15)18(19,20)21/h4-5,7-8,11,14H,2-3,6,10H2,1H3,(H,23,24,25). The van der Waals surface area contributed by atoms with Gasteiger partial charge in [-0.05, 0) is 38.0 Å². The Balaban J connectivity index is 1.78.